The van der Waals surface area contributed by atoms with Gasteiger partial charge in [0.15, 0.2) is 5.82 Å². The Hall–Kier alpha value is -1.04. The van der Waals surface area contributed by atoms with Gasteiger partial charge in [0.05, 0.1) is 11.8 Å². The zero-order valence-corrected chi connectivity index (χ0v) is 13.4. The SMILES string of the molecule is CC(NC(=O)CSCC1CC1)c1nncn1C1CCCC1. The summed E-state index contributed by atoms with van der Waals surface area (Å²) in [6, 6.07) is 0.445. The summed E-state index contributed by atoms with van der Waals surface area (Å²) in [4.78, 5) is 12.0. The molecule has 2 aliphatic rings. The number of carbonyl (C=O) groups excluding carboxylic acids is 1. The van der Waals surface area contributed by atoms with Crippen LogP contribution in [0, 0.1) is 5.92 Å². The van der Waals surface area contributed by atoms with E-state index < -0.39 is 0 Å². The van der Waals surface area contributed by atoms with Crippen molar-refractivity contribution in [2.75, 3.05) is 11.5 Å². The van der Waals surface area contributed by atoms with Crippen LogP contribution in [-0.4, -0.2) is 32.2 Å². The Bertz CT molecular complexity index is 480. The molecule has 5 nitrogen and oxygen atoms in total. The highest BCUT2D eigenvalue weighted by Crippen LogP contribution is 2.32. The molecular formula is C15H24N4OS. The zero-order chi connectivity index (χ0) is 14.7. The maximum absolute atomic E-state index is 12.0. The minimum Gasteiger partial charge on any atom is -0.346 e. The number of nitrogens with one attached hydrogen (secondary N) is 1. The molecule has 0 saturated heterocycles. The van der Waals surface area contributed by atoms with E-state index >= 15 is 0 Å². The molecule has 1 amide bonds. The third kappa shape index (κ3) is 3.99. The summed E-state index contributed by atoms with van der Waals surface area (Å²) in [6.45, 7) is 2.00. The van der Waals surface area contributed by atoms with Gasteiger partial charge in [-0.15, -0.1) is 10.2 Å². The van der Waals surface area contributed by atoms with Gasteiger partial charge in [-0.2, -0.15) is 11.8 Å². The average Bonchev–Trinajstić information content (AvgIpc) is 2.96. The van der Waals surface area contributed by atoms with E-state index in [4.69, 9.17) is 0 Å². The Labute approximate surface area is 130 Å². The third-order valence-corrected chi connectivity index (χ3v) is 5.54. The van der Waals surface area contributed by atoms with Crippen LogP contribution in [0.4, 0.5) is 0 Å². The first kappa shape index (κ1) is 14.9. The average molecular weight is 308 g/mol. The first-order valence-corrected chi connectivity index (χ1v) is 9.16. The first-order valence-electron chi connectivity index (χ1n) is 8.00. The predicted molar refractivity (Wildman–Crippen MR) is 84.1 cm³/mol. The molecule has 1 aromatic rings. The van der Waals surface area contributed by atoms with Crippen molar-refractivity contribution in [3.63, 3.8) is 0 Å². The van der Waals surface area contributed by atoms with Gasteiger partial charge in [-0.1, -0.05) is 12.8 Å². The maximum Gasteiger partial charge on any atom is 0.230 e. The molecule has 2 saturated carbocycles. The van der Waals surface area contributed by atoms with Crippen LogP contribution in [0.25, 0.3) is 0 Å². The van der Waals surface area contributed by atoms with E-state index in [1.165, 1.54) is 38.5 Å². The van der Waals surface area contributed by atoms with Crippen molar-refractivity contribution in [3.05, 3.63) is 12.2 Å². The fourth-order valence-electron chi connectivity index (χ4n) is 2.98. The van der Waals surface area contributed by atoms with E-state index in [1.807, 2.05) is 13.3 Å². The monoisotopic (exact) mass is 308 g/mol. The Morgan fingerprint density at radius 3 is 2.90 bits per heavy atom. The Morgan fingerprint density at radius 2 is 2.19 bits per heavy atom. The lowest BCUT2D eigenvalue weighted by atomic mass is 10.2. The van der Waals surface area contributed by atoms with Crippen molar-refractivity contribution in [2.45, 2.75) is 57.5 Å². The summed E-state index contributed by atoms with van der Waals surface area (Å²) in [7, 11) is 0. The Morgan fingerprint density at radius 1 is 1.43 bits per heavy atom. The molecule has 1 aromatic heterocycles. The summed E-state index contributed by atoms with van der Waals surface area (Å²) in [5.41, 5.74) is 0. The highest BCUT2D eigenvalue weighted by Gasteiger charge is 2.24. The second kappa shape index (κ2) is 6.81. The van der Waals surface area contributed by atoms with Crippen LogP contribution in [0.2, 0.25) is 0 Å². The highest BCUT2D eigenvalue weighted by molar-refractivity contribution is 7.99. The fourth-order valence-corrected chi connectivity index (χ4v) is 4.03. The van der Waals surface area contributed by atoms with E-state index in [9.17, 15) is 4.79 Å². The summed E-state index contributed by atoms with van der Waals surface area (Å²) in [6.07, 6.45) is 9.45. The number of aromatic nitrogens is 3. The summed E-state index contributed by atoms with van der Waals surface area (Å²) < 4.78 is 2.16. The molecule has 0 spiro atoms. The topological polar surface area (TPSA) is 59.8 Å². The van der Waals surface area contributed by atoms with Crippen LogP contribution in [0.3, 0.4) is 0 Å². The zero-order valence-electron chi connectivity index (χ0n) is 12.6. The number of nitrogens with zero attached hydrogens (tertiary/aromatic N) is 3. The van der Waals surface area contributed by atoms with E-state index in [0.717, 1.165) is 17.5 Å². The minimum atomic E-state index is -0.0675. The van der Waals surface area contributed by atoms with Crippen LogP contribution in [0.5, 0.6) is 0 Å². The Kier molecular flexibility index (Phi) is 4.83. The van der Waals surface area contributed by atoms with Crippen molar-refractivity contribution in [1.29, 1.82) is 0 Å². The summed E-state index contributed by atoms with van der Waals surface area (Å²) in [5.74, 6) is 3.54. The summed E-state index contributed by atoms with van der Waals surface area (Å²) in [5, 5.41) is 11.3. The molecule has 6 heteroatoms. The van der Waals surface area contributed by atoms with Gasteiger partial charge in [-0.3, -0.25) is 4.79 Å². The van der Waals surface area contributed by atoms with Crippen LogP contribution >= 0.6 is 11.8 Å². The molecule has 21 heavy (non-hydrogen) atoms. The van der Waals surface area contributed by atoms with Gasteiger partial charge in [-0.05, 0) is 44.3 Å². The van der Waals surface area contributed by atoms with E-state index in [0.29, 0.717) is 11.8 Å². The van der Waals surface area contributed by atoms with Crippen molar-refractivity contribution < 1.29 is 4.79 Å². The smallest absolute Gasteiger partial charge is 0.230 e. The van der Waals surface area contributed by atoms with Gasteiger partial charge in [0.1, 0.15) is 6.33 Å². The van der Waals surface area contributed by atoms with Gasteiger partial charge in [-0.25, -0.2) is 0 Å². The van der Waals surface area contributed by atoms with Gasteiger partial charge in [0.25, 0.3) is 0 Å². The number of rotatable bonds is 7. The van der Waals surface area contributed by atoms with Crippen molar-refractivity contribution >= 4 is 17.7 Å². The van der Waals surface area contributed by atoms with Gasteiger partial charge in [0.2, 0.25) is 5.91 Å². The number of hydrogen-bond donors (Lipinski definition) is 1. The molecule has 1 atom stereocenters. The lowest BCUT2D eigenvalue weighted by Crippen LogP contribution is -2.30. The quantitative estimate of drug-likeness (QED) is 0.841. The molecule has 3 rings (SSSR count). The molecule has 2 fully saturated rings. The van der Waals surface area contributed by atoms with E-state index in [-0.39, 0.29) is 11.9 Å². The standard InChI is InChI=1S/C15H24N4OS/c1-11(17-14(20)9-21-8-12-6-7-12)15-18-16-10-19(15)13-4-2-3-5-13/h10-13H,2-9H2,1H3,(H,17,20). The second-order valence-corrected chi connectivity index (χ2v) is 7.31. The highest BCUT2D eigenvalue weighted by atomic mass is 32.2. The fraction of sp³-hybridized carbons (Fsp3) is 0.800. The first-order chi connectivity index (χ1) is 10.2. The van der Waals surface area contributed by atoms with Gasteiger partial charge >= 0.3 is 0 Å². The number of carbonyl (C=O) groups is 1. The molecular weight excluding hydrogens is 284 g/mol. The maximum atomic E-state index is 12.0. The lowest BCUT2D eigenvalue weighted by molar-refractivity contribution is -0.119. The molecule has 0 aliphatic heterocycles. The number of hydrogen-bond acceptors (Lipinski definition) is 4. The van der Waals surface area contributed by atoms with Crippen LogP contribution in [0.15, 0.2) is 6.33 Å². The second-order valence-electron chi connectivity index (χ2n) is 6.28. The number of amides is 1. The molecule has 0 radical (unpaired) electrons. The molecule has 2 aliphatic carbocycles. The molecule has 0 bridgehead atoms. The van der Waals surface area contributed by atoms with Crippen LogP contribution in [-0.2, 0) is 4.79 Å². The lowest BCUT2D eigenvalue weighted by Gasteiger charge is -2.18. The van der Waals surface area contributed by atoms with Crippen molar-refractivity contribution in [2.24, 2.45) is 5.92 Å². The third-order valence-electron chi connectivity index (χ3n) is 4.37. The molecule has 0 aromatic carbocycles. The van der Waals surface area contributed by atoms with Crippen molar-refractivity contribution in [3.8, 4) is 0 Å². The van der Waals surface area contributed by atoms with E-state index in [1.54, 1.807) is 11.8 Å². The molecule has 1 heterocycles. The van der Waals surface area contributed by atoms with Crippen LogP contribution < -0.4 is 5.32 Å². The minimum absolute atomic E-state index is 0.0675. The van der Waals surface area contributed by atoms with Gasteiger partial charge < -0.3 is 9.88 Å². The van der Waals surface area contributed by atoms with E-state index in [2.05, 4.69) is 20.1 Å². The Balaban J connectivity index is 1.50. The molecule has 1 unspecified atom stereocenters. The van der Waals surface area contributed by atoms with Gasteiger partial charge in [0, 0.05) is 6.04 Å². The molecule has 116 valence electrons. The number of thioether (sulfide) groups is 1. The van der Waals surface area contributed by atoms with Crippen molar-refractivity contribution in [1.82, 2.24) is 20.1 Å². The summed E-state index contributed by atoms with van der Waals surface area (Å²) >= 11 is 1.75. The normalized spacial score (nSPS) is 20.6. The van der Waals surface area contributed by atoms with Crippen LogP contribution in [0.1, 0.15) is 63.4 Å². The largest absolute Gasteiger partial charge is 0.346 e. The molecule has 1 N–H and O–H groups in total. The predicted octanol–water partition coefficient (Wildman–Crippen LogP) is 2.71.